The summed E-state index contributed by atoms with van der Waals surface area (Å²) in [4.78, 5) is 19.1. The normalized spacial score (nSPS) is 17.2. The van der Waals surface area contributed by atoms with Gasteiger partial charge in [-0.3, -0.25) is 14.7 Å². The number of carbonyl (C=O) groups excluding carboxylic acids is 1. The fraction of sp³-hybridized carbons (Fsp3) is 0.667. The lowest BCUT2D eigenvalue weighted by Gasteiger charge is -2.30. The Balaban J connectivity index is 1.94. The van der Waals surface area contributed by atoms with Crippen molar-refractivity contribution < 1.29 is 9.53 Å². The first-order valence-electron chi connectivity index (χ1n) is 8.64. The van der Waals surface area contributed by atoms with Gasteiger partial charge < -0.3 is 10.1 Å². The third-order valence-corrected chi connectivity index (χ3v) is 4.55. The summed E-state index contributed by atoms with van der Waals surface area (Å²) in [6.07, 6.45) is 7.74. The number of nitrogens with zero attached hydrogens (tertiary/aromatic N) is 2. The van der Waals surface area contributed by atoms with E-state index in [0.717, 1.165) is 18.5 Å². The van der Waals surface area contributed by atoms with E-state index in [-0.39, 0.29) is 11.9 Å². The van der Waals surface area contributed by atoms with Gasteiger partial charge >= 0.3 is 0 Å². The van der Waals surface area contributed by atoms with Crippen molar-refractivity contribution in [2.75, 3.05) is 20.3 Å². The Hall–Kier alpha value is -1.46. The van der Waals surface area contributed by atoms with Crippen molar-refractivity contribution in [2.24, 2.45) is 0 Å². The Morgan fingerprint density at radius 2 is 2.17 bits per heavy atom. The van der Waals surface area contributed by atoms with Crippen molar-refractivity contribution in [2.45, 2.75) is 57.7 Å². The molecule has 0 bridgehead atoms. The van der Waals surface area contributed by atoms with Crippen LogP contribution in [0.25, 0.3) is 0 Å². The second-order valence-corrected chi connectivity index (χ2v) is 6.30. The molecule has 1 heterocycles. The molecule has 1 aromatic heterocycles. The molecule has 1 aliphatic rings. The molecule has 1 aliphatic carbocycles. The van der Waals surface area contributed by atoms with Gasteiger partial charge in [-0.1, -0.05) is 25.3 Å². The minimum absolute atomic E-state index is 0.115. The third kappa shape index (κ3) is 5.92. The fourth-order valence-electron chi connectivity index (χ4n) is 3.05. The lowest BCUT2D eigenvalue weighted by atomic mass is 9.95. The number of hydrogen-bond acceptors (Lipinski definition) is 4. The highest BCUT2D eigenvalue weighted by Crippen LogP contribution is 2.18. The van der Waals surface area contributed by atoms with Crippen molar-refractivity contribution in [3.05, 3.63) is 30.1 Å². The number of pyridine rings is 1. The van der Waals surface area contributed by atoms with Crippen molar-refractivity contribution in [1.29, 1.82) is 0 Å². The molecule has 0 aliphatic heterocycles. The van der Waals surface area contributed by atoms with Crippen LogP contribution < -0.4 is 5.32 Å². The summed E-state index contributed by atoms with van der Waals surface area (Å²) in [5.74, 6) is 0.115. The molecule has 1 aromatic rings. The van der Waals surface area contributed by atoms with Crippen LogP contribution in [0.1, 0.15) is 44.7 Å². The molecule has 1 N–H and O–H groups in total. The zero-order valence-electron chi connectivity index (χ0n) is 14.3. The van der Waals surface area contributed by atoms with E-state index in [1.165, 1.54) is 19.3 Å². The standard InChI is InChI=1S/C18H29N3O2/c1-15(18(22)20-16-8-4-3-5-9-16)21(12-13-23-2)14-17-10-6-7-11-19-17/h6-7,10-11,15-16H,3-5,8-9,12-14H2,1-2H3,(H,20,22). The van der Waals surface area contributed by atoms with Crippen molar-refractivity contribution in [1.82, 2.24) is 15.2 Å². The van der Waals surface area contributed by atoms with E-state index in [1.807, 2.05) is 25.1 Å². The van der Waals surface area contributed by atoms with Crippen molar-refractivity contribution >= 4 is 5.91 Å². The van der Waals surface area contributed by atoms with E-state index in [0.29, 0.717) is 25.7 Å². The summed E-state index contributed by atoms with van der Waals surface area (Å²) in [6.45, 7) is 3.94. The van der Waals surface area contributed by atoms with E-state index in [1.54, 1.807) is 13.3 Å². The topological polar surface area (TPSA) is 54.5 Å². The number of aromatic nitrogens is 1. The van der Waals surface area contributed by atoms with Crippen LogP contribution >= 0.6 is 0 Å². The van der Waals surface area contributed by atoms with Gasteiger partial charge in [0, 0.05) is 32.4 Å². The summed E-state index contributed by atoms with van der Waals surface area (Å²) < 4.78 is 5.20. The summed E-state index contributed by atoms with van der Waals surface area (Å²) in [7, 11) is 1.69. The number of rotatable bonds is 8. The van der Waals surface area contributed by atoms with Crippen LogP contribution in [-0.2, 0) is 16.1 Å². The minimum Gasteiger partial charge on any atom is -0.383 e. The molecular formula is C18H29N3O2. The van der Waals surface area contributed by atoms with E-state index < -0.39 is 0 Å². The van der Waals surface area contributed by atoms with Crippen LogP contribution in [0.2, 0.25) is 0 Å². The minimum atomic E-state index is -0.186. The quantitative estimate of drug-likeness (QED) is 0.799. The molecule has 0 spiro atoms. The van der Waals surface area contributed by atoms with Crippen LogP contribution in [0.5, 0.6) is 0 Å². The first-order valence-corrected chi connectivity index (χ1v) is 8.64. The van der Waals surface area contributed by atoms with Gasteiger partial charge in [-0.25, -0.2) is 0 Å². The summed E-state index contributed by atoms with van der Waals surface area (Å²) in [6, 6.07) is 6.03. The predicted octanol–water partition coefficient (Wildman–Crippen LogP) is 2.37. The lowest BCUT2D eigenvalue weighted by molar-refractivity contribution is -0.127. The van der Waals surface area contributed by atoms with Gasteiger partial charge in [0.05, 0.1) is 18.3 Å². The molecule has 1 atom stereocenters. The largest absolute Gasteiger partial charge is 0.383 e. The number of carbonyl (C=O) groups is 1. The van der Waals surface area contributed by atoms with Gasteiger partial charge in [0.25, 0.3) is 0 Å². The van der Waals surface area contributed by atoms with Crippen LogP contribution in [0.15, 0.2) is 24.4 Å². The summed E-state index contributed by atoms with van der Waals surface area (Å²) >= 11 is 0. The monoisotopic (exact) mass is 319 g/mol. The summed E-state index contributed by atoms with van der Waals surface area (Å²) in [5.41, 5.74) is 0.973. The van der Waals surface area contributed by atoms with E-state index in [2.05, 4.69) is 15.2 Å². The first kappa shape index (κ1) is 17.9. The predicted molar refractivity (Wildman–Crippen MR) is 91.0 cm³/mol. The third-order valence-electron chi connectivity index (χ3n) is 4.55. The maximum atomic E-state index is 12.6. The van der Waals surface area contributed by atoms with Crippen LogP contribution in [0, 0.1) is 0 Å². The Bertz CT molecular complexity index is 461. The highest BCUT2D eigenvalue weighted by atomic mass is 16.5. The fourth-order valence-corrected chi connectivity index (χ4v) is 3.05. The van der Waals surface area contributed by atoms with Gasteiger partial charge in [-0.05, 0) is 31.9 Å². The molecule has 0 saturated heterocycles. The number of ether oxygens (including phenoxy) is 1. The van der Waals surface area contributed by atoms with Gasteiger partial charge in [0.15, 0.2) is 0 Å². The number of nitrogens with one attached hydrogen (secondary N) is 1. The maximum Gasteiger partial charge on any atom is 0.237 e. The van der Waals surface area contributed by atoms with Crippen LogP contribution in [0.3, 0.4) is 0 Å². The SMILES string of the molecule is COCCN(Cc1ccccn1)C(C)C(=O)NC1CCCCC1. The smallest absolute Gasteiger partial charge is 0.237 e. The van der Waals surface area contributed by atoms with E-state index in [4.69, 9.17) is 4.74 Å². The molecule has 2 rings (SSSR count). The van der Waals surface area contributed by atoms with Crippen molar-refractivity contribution in [3.8, 4) is 0 Å². The number of methoxy groups -OCH3 is 1. The van der Waals surface area contributed by atoms with Gasteiger partial charge in [0.2, 0.25) is 5.91 Å². The van der Waals surface area contributed by atoms with Crippen molar-refractivity contribution in [3.63, 3.8) is 0 Å². The zero-order chi connectivity index (χ0) is 16.5. The number of amides is 1. The molecule has 1 saturated carbocycles. The van der Waals surface area contributed by atoms with Gasteiger partial charge in [-0.2, -0.15) is 0 Å². The molecule has 128 valence electrons. The van der Waals surface area contributed by atoms with E-state index in [9.17, 15) is 4.79 Å². The molecule has 5 heteroatoms. The summed E-state index contributed by atoms with van der Waals surface area (Å²) in [5, 5.41) is 3.22. The van der Waals surface area contributed by atoms with Crippen LogP contribution in [0.4, 0.5) is 0 Å². The van der Waals surface area contributed by atoms with E-state index >= 15 is 0 Å². The zero-order valence-corrected chi connectivity index (χ0v) is 14.3. The van der Waals surface area contributed by atoms with Crippen LogP contribution in [-0.4, -0.2) is 48.1 Å². The second kappa shape index (κ2) is 9.63. The molecule has 1 unspecified atom stereocenters. The Morgan fingerprint density at radius 1 is 1.39 bits per heavy atom. The Morgan fingerprint density at radius 3 is 2.83 bits per heavy atom. The molecular weight excluding hydrogens is 290 g/mol. The Kier molecular flexibility index (Phi) is 7.49. The lowest BCUT2D eigenvalue weighted by Crippen LogP contribution is -2.49. The highest BCUT2D eigenvalue weighted by molar-refractivity contribution is 5.81. The molecule has 1 fully saturated rings. The maximum absolute atomic E-state index is 12.6. The van der Waals surface area contributed by atoms with Gasteiger partial charge in [-0.15, -0.1) is 0 Å². The molecule has 0 aromatic carbocycles. The molecule has 1 amide bonds. The highest BCUT2D eigenvalue weighted by Gasteiger charge is 2.24. The Labute approximate surface area is 139 Å². The molecule has 5 nitrogen and oxygen atoms in total. The molecule has 0 radical (unpaired) electrons. The number of hydrogen-bond donors (Lipinski definition) is 1. The molecule has 23 heavy (non-hydrogen) atoms. The second-order valence-electron chi connectivity index (χ2n) is 6.30. The average Bonchev–Trinajstić information content (AvgIpc) is 2.59. The van der Waals surface area contributed by atoms with Gasteiger partial charge in [0.1, 0.15) is 0 Å². The first-order chi connectivity index (χ1) is 11.2. The average molecular weight is 319 g/mol.